The van der Waals surface area contributed by atoms with Gasteiger partial charge in [0.15, 0.2) is 0 Å². The van der Waals surface area contributed by atoms with Crippen molar-refractivity contribution >= 4 is 50.2 Å². The summed E-state index contributed by atoms with van der Waals surface area (Å²) in [5.74, 6) is 0.0435. The number of hydrogen-bond acceptors (Lipinski definition) is 5. The number of nitrogens with one attached hydrogen (secondary N) is 1. The molecule has 0 aliphatic heterocycles. The molecule has 0 saturated carbocycles. The summed E-state index contributed by atoms with van der Waals surface area (Å²) in [5, 5.41) is 3.41. The summed E-state index contributed by atoms with van der Waals surface area (Å²) in [5.41, 5.74) is 2.39. The van der Waals surface area contributed by atoms with E-state index in [2.05, 4.69) is 21.2 Å². The molecule has 0 radical (unpaired) electrons. The number of thiophene rings is 1. The molecule has 1 amide bonds. The van der Waals surface area contributed by atoms with Gasteiger partial charge in [-0.2, -0.15) is 0 Å². The second-order valence-corrected chi connectivity index (χ2v) is 8.08. The normalized spacial score (nSPS) is 13.3. The van der Waals surface area contributed by atoms with Crippen molar-refractivity contribution in [3.05, 3.63) is 50.3 Å². The SMILES string of the molecule is COC(=O)c1c(NC(=O)C=Cc2ccc(OC)c(Br)c2)sc2c1CCCC2. The number of halogens is 1. The van der Waals surface area contributed by atoms with E-state index in [4.69, 9.17) is 9.47 Å². The van der Waals surface area contributed by atoms with Gasteiger partial charge in [-0.1, -0.05) is 6.07 Å². The summed E-state index contributed by atoms with van der Waals surface area (Å²) in [6.45, 7) is 0. The summed E-state index contributed by atoms with van der Waals surface area (Å²) in [6, 6.07) is 5.55. The Balaban J connectivity index is 1.79. The van der Waals surface area contributed by atoms with Gasteiger partial charge in [-0.3, -0.25) is 4.79 Å². The predicted octanol–water partition coefficient (Wildman–Crippen LogP) is 4.84. The minimum atomic E-state index is -0.396. The molecule has 7 heteroatoms. The van der Waals surface area contributed by atoms with Crippen LogP contribution < -0.4 is 10.1 Å². The van der Waals surface area contributed by atoms with Gasteiger partial charge in [-0.05, 0) is 70.9 Å². The number of fused-ring (bicyclic) bond motifs is 1. The molecule has 1 aliphatic carbocycles. The van der Waals surface area contributed by atoms with Crippen molar-refractivity contribution < 1.29 is 19.1 Å². The quantitative estimate of drug-likeness (QED) is 0.523. The average Bonchev–Trinajstić information content (AvgIpc) is 3.03. The number of anilines is 1. The van der Waals surface area contributed by atoms with Gasteiger partial charge in [0, 0.05) is 11.0 Å². The monoisotopic (exact) mass is 449 g/mol. The molecule has 0 fully saturated rings. The summed E-state index contributed by atoms with van der Waals surface area (Å²) in [4.78, 5) is 25.8. The van der Waals surface area contributed by atoms with Crippen LogP contribution >= 0.6 is 27.3 Å². The number of rotatable bonds is 5. The maximum atomic E-state index is 12.4. The lowest BCUT2D eigenvalue weighted by Gasteiger charge is -2.11. The Morgan fingerprint density at radius 1 is 1.22 bits per heavy atom. The summed E-state index contributed by atoms with van der Waals surface area (Å²) >= 11 is 4.90. The largest absolute Gasteiger partial charge is 0.496 e. The molecular formula is C20H20BrNO4S. The fraction of sp³-hybridized carbons (Fsp3) is 0.300. The first kappa shape index (κ1) is 19.6. The van der Waals surface area contributed by atoms with Crippen LogP contribution in [-0.2, 0) is 22.4 Å². The van der Waals surface area contributed by atoms with Crippen LogP contribution in [0.1, 0.15) is 39.2 Å². The Kier molecular flexibility index (Phi) is 6.34. The van der Waals surface area contributed by atoms with Gasteiger partial charge in [-0.25, -0.2) is 4.79 Å². The van der Waals surface area contributed by atoms with Gasteiger partial charge in [0.05, 0.1) is 24.3 Å². The van der Waals surface area contributed by atoms with Crippen LogP contribution in [-0.4, -0.2) is 26.1 Å². The van der Waals surface area contributed by atoms with Gasteiger partial charge in [0.1, 0.15) is 10.8 Å². The maximum Gasteiger partial charge on any atom is 0.341 e. The van der Waals surface area contributed by atoms with Gasteiger partial charge in [0.2, 0.25) is 5.91 Å². The molecule has 27 heavy (non-hydrogen) atoms. The third-order valence-corrected chi connectivity index (χ3v) is 6.23. The molecule has 1 aromatic heterocycles. The molecule has 0 bridgehead atoms. The van der Waals surface area contributed by atoms with Crippen LogP contribution in [0, 0.1) is 0 Å². The Hall–Kier alpha value is -2.12. The predicted molar refractivity (Wildman–Crippen MR) is 111 cm³/mol. The van der Waals surface area contributed by atoms with Crippen molar-refractivity contribution in [1.82, 2.24) is 0 Å². The van der Waals surface area contributed by atoms with Crippen LogP contribution in [0.4, 0.5) is 5.00 Å². The molecule has 142 valence electrons. The Bertz CT molecular complexity index is 904. The second kappa shape index (κ2) is 8.71. The highest BCUT2D eigenvalue weighted by atomic mass is 79.9. The van der Waals surface area contributed by atoms with Gasteiger partial charge in [0.25, 0.3) is 0 Å². The highest BCUT2D eigenvalue weighted by Crippen LogP contribution is 2.38. The van der Waals surface area contributed by atoms with E-state index in [-0.39, 0.29) is 5.91 Å². The fourth-order valence-corrected chi connectivity index (χ4v) is 4.92. The number of hydrogen-bond donors (Lipinski definition) is 1. The first-order valence-corrected chi connectivity index (χ1v) is 10.2. The average molecular weight is 450 g/mol. The van der Waals surface area contributed by atoms with Crippen LogP contribution in [0.5, 0.6) is 5.75 Å². The molecule has 1 aliphatic rings. The summed E-state index contributed by atoms with van der Waals surface area (Å²) < 4.78 is 10.9. The zero-order valence-electron chi connectivity index (χ0n) is 15.1. The number of methoxy groups -OCH3 is 2. The van der Waals surface area contributed by atoms with E-state index < -0.39 is 5.97 Å². The van der Waals surface area contributed by atoms with Crippen molar-refractivity contribution in [3.63, 3.8) is 0 Å². The van der Waals surface area contributed by atoms with Gasteiger partial charge >= 0.3 is 5.97 Å². The minimum absolute atomic E-state index is 0.286. The molecule has 1 N–H and O–H groups in total. The molecule has 2 aromatic rings. The van der Waals surface area contributed by atoms with Crippen molar-refractivity contribution in [2.45, 2.75) is 25.7 Å². The Morgan fingerprint density at radius 2 is 2.00 bits per heavy atom. The highest BCUT2D eigenvalue weighted by Gasteiger charge is 2.26. The number of carbonyl (C=O) groups is 2. The first-order chi connectivity index (χ1) is 13.0. The molecular weight excluding hydrogens is 430 g/mol. The van der Waals surface area contributed by atoms with Crippen LogP contribution in [0.25, 0.3) is 6.08 Å². The fourth-order valence-electron chi connectivity index (χ4n) is 3.08. The maximum absolute atomic E-state index is 12.4. The lowest BCUT2D eigenvalue weighted by molar-refractivity contribution is -0.111. The third-order valence-electron chi connectivity index (χ3n) is 4.40. The molecule has 1 aromatic carbocycles. The number of carbonyl (C=O) groups excluding carboxylic acids is 2. The Labute approximate surface area is 170 Å². The summed E-state index contributed by atoms with van der Waals surface area (Å²) in [7, 11) is 2.96. The third kappa shape index (κ3) is 4.42. The van der Waals surface area contributed by atoms with Crippen LogP contribution in [0.2, 0.25) is 0 Å². The van der Waals surface area contributed by atoms with E-state index in [0.717, 1.165) is 47.0 Å². The number of esters is 1. The highest BCUT2D eigenvalue weighted by molar-refractivity contribution is 9.10. The zero-order valence-corrected chi connectivity index (χ0v) is 17.5. The smallest absolute Gasteiger partial charge is 0.341 e. The molecule has 1 heterocycles. The summed E-state index contributed by atoms with van der Waals surface area (Å²) in [6.07, 6.45) is 7.11. The van der Waals surface area contributed by atoms with Crippen molar-refractivity contribution in [2.24, 2.45) is 0 Å². The lowest BCUT2D eigenvalue weighted by atomic mass is 9.95. The Morgan fingerprint density at radius 3 is 2.70 bits per heavy atom. The van der Waals surface area contributed by atoms with E-state index in [1.807, 2.05) is 18.2 Å². The molecule has 0 saturated heterocycles. The lowest BCUT2D eigenvalue weighted by Crippen LogP contribution is -2.13. The zero-order chi connectivity index (χ0) is 19.4. The molecule has 0 unspecified atom stereocenters. The first-order valence-electron chi connectivity index (χ1n) is 8.59. The molecule has 3 rings (SSSR count). The van der Waals surface area contributed by atoms with Crippen molar-refractivity contribution in [2.75, 3.05) is 19.5 Å². The van der Waals surface area contributed by atoms with Crippen LogP contribution in [0.15, 0.2) is 28.7 Å². The van der Waals surface area contributed by atoms with E-state index in [1.165, 1.54) is 29.4 Å². The van der Waals surface area contributed by atoms with Crippen molar-refractivity contribution in [1.29, 1.82) is 0 Å². The van der Waals surface area contributed by atoms with E-state index in [0.29, 0.717) is 10.6 Å². The van der Waals surface area contributed by atoms with E-state index >= 15 is 0 Å². The number of benzene rings is 1. The standard InChI is InChI=1S/C20H20BrNO4S/c1-25-15-9-7-12(11-14(15)21)8-10-17(23)22-19-18(20(24)26-2)13-5-3-4-6-16(13)27-19/h7-11H,3-6H2,1-2H3,(H,22,23). The van der Waals surface area contributed by atoms with E-state index in [1.54, 1.807) is 13.2 Å². The minimum Gasteiger partial charge on any atom is -0.496 e. The molecule has 0 spiro atoms. The number of ether oxygens (including phenoxy) is 2. The number of amides is 1. The van der Waals surface area contributed by atoms with Crippen LogP contribution in [0.3, 0.4) is 0 Å². The van der Waals surface area contributed by atoms with Gasteiger partial charge < -0.3 is 14.8 Å². The van der Waals surface area contributed by atoms with Crippen molar-refractivity contribution in [3.8, 4) is 5.75 Å². The van der Waals surface area contributed by atoms with E-state index in [9.17, 15) is 9.59 Å². The number of aryl methyl sites for hydroxylation is 1. The second-order valence-electron chi connectivity index (χ2n) is 6.12. The van der Waals surface area contributed by atoms with Gasteiger partial charge in [-0.15, -0.1) is 11.3 Å². The molecule has 5 nitrogen and oxygen atoms in total. The topological polar surface area (TPSA) is 64.6 Å². The molecule has 0 atom stereocenters.